The van der Waals surface area contributed by atoms with Crippen LogP contribution in [0.1, 0.15) is 284 Å². The molecule has 3 unspecified atom stereocenters. The third-order valence-electron chi connectivity index (χ3n) is 14.4. The Morgan fingerprint density at radius 1 is 0.439 bits per heavy atom. The zero-order chi connectivity index (χ0) is 60.0. The smallest absolute Gasteiger partial charge is 0.456 e. The Kier molecular flexibility index (Phi) is 58.3. The molecule has 1 amide bonds. The molecule has 0 saturated carbocycles. The van der Waals surface area contributed by atoms with Crippen LogP contribution in [0.25, 0.3) is 0 Å². The van der Waals surface area contributed by atoms with Gasteiger partial charge < -0.3 is 19.4 Å². The first kappa shape index (κ1) is 78.7. The van der Waals surface area contributed by atoms with E-state index in [2.05, 4.69) is 123 Å². The van der Waals surface area contributed by atoms with Crippen molar-refractivity contribution < 1.29 is 37.3 Å². The van der Waals surface area contributed by atoms with E-state index in [1.165, 1.54) is 122 Å². The molecule has 0 aromatic heterocycles. The first-order valence-electron chi connectivity index (χ1n) is 33.7. The van der Waals surface area contributed by atoms with Gasteiger partial charge in [0, 0.05) is 12.8 Å². The molecule has 472 valence electrons. The summed E-state index contributed by atoms with van der Waals surface area (Å²) in [6.45, 7) is 6.86. The van der Waals surface area contributed by atoms with Gasteiger partial charge in [0.15, 0.2) is 0 Å². The van der Waals surface area contributed by atoms with E-state index in [9.17, 15) is 19.0 Å². The molecule has 0 aromatic carbocycles. The van der Waals surface area contributed by atoms with Crippen LogP contribution in [0, 0.1) is 0 Å². The van der Waals surface area contributed by atoms with Crippen molar-refractivity contribution in [2.24, 2.45) is 0 Å². The minimum Gasteiger partial charge on any atom is -0.456 e. The highest BCUT2D eigenvalue weighted by molar-refractivity contribution is 7.47. The summed E-state index contributed by atoms with van der Waals surface area (Å²) in [5.74, 6) is -0.525. The summed E-state index contributed by atoms with van der Waals surface area (Å²) in [4.78, 5) is 37.8. The Balaban J connectivity index is 5.14. The standard InChI is InChI=1S/C72H127N2O7P/c1-7-10-13-16-19-22-25-28-30-32-33-34-35-36-37-38-39-40-41-43-44-46-49-52-55-58-61-64-71(75)73-69(68-80-82(77,78)79-67-66-74(4,5)6)70(63-60-57-54-51-48-27-24-21-18-15-12-9-3)81-72(76)65-62-59-56-53-50-47-45-42-31-29-26-23-20-17-14-11-8-2/h10,13,19-20,22-23,28-31,33-34,36-37,39-40,60,63,69-70H,7-9,11-12,14-18,21,24-27,32,35,38,41-59,61-62,64-68H2,1-6H3,(H-,73,75,77,78)/p+1/b13-10-,22-19-,23-20-,30-28-,31-29-,34-33-,37-36-,40-39-,63-60-. The van der Waals surface area contributed by atoms with E-state index in [0.717, 1.165) is 128 Å². The number of nitrogens with zero attached hydrogens (tertiary/aromatic N) is 1. The molecule has 82 heavy (non-hydrogen) atoms. The second kappa shape index (κ2) is 60.8. The third kappa shape index (κ3) is 61.2. The minimum absolute atomic E-state index is 0.0323. The first-order chi connectivity index (χ1) is 39.9. The highest BCUT2D eigenvalue weighted by Crippen LogP contribution is 2.43. The molecule has 0 aliphatic carbocycles. The number of hydrogen-bond acceptors (Lipinski definition) is 6. The zero-order valence-corrected chi connectivity index (χ0v) is 54.8. The number of nitrogens with one attached hydrogen (secondary N) is 1. The molecule has 0 heterocycles. The van der Waals surface area contributed by atoms with Gasteiger partial charge >= 0.3 is 13.8 Å². The average Bonchev–Trinajstić information content (AvgIpc) is 3.47. The quantitative estimate of drug-likeness (QED) is 0.0205. The minimum atomic E-state index is -4.46. The number of esters is 1. The van der Waals surface area contributed by atoms with Gasteiger partial charge in [-0.05, 0) is 115 Å². The summed E-state index contributed by atoms with van der Waals surface area (Å²) >= 11 is 0. The van der Waals surface area contributed by atoms with Crippen molar-refractivity contribution in [3.8, 4) is 0 Å². The number of rotatable bonds is 60. The molecule has 9 nitrogen and oxygen atoms in total. The summed E-state index contributed by atoms with van der Waals surface area (Å²) in [6, 6.07) is -0.863. The van der Waals surface area contributed by atoms with Gasteiger partial charge in [-0.25, -0.2) is 4.57 Å². The lowest BCUT2D eigenvalue weighted by molar-refractivity contribution is -0.870. The predicted molar refractivity (Wildman–Crippen MR) is 355 cm³/mol. The maximum Gasteiger partial charge on any atom is 0.472 e. The van der Waals surface area contributed by atoms with Crippen molar-refractivity contribution in [3.63, 3.8) is 0 Å². The van der Waals surface area contributed by atoms with Crippen molar-refractivity contribution in [2.75, 3.05) is 40.9 Å². The van der Waals surface area contributed by atoms with Crippen molar-refractivity contribution in [3.05, 3.63) is 109 Å². The van der Waals surface area contributed by atoms with Crippen molar-refractivity contribution >= 4 is 19.7 Å². The molecule has 2 N–H and O–H groups in total. The number of likely N-dealkylation sites (N-methyl/N-ethyl adjacent to an activating group) is 1. The Labute approximate surface area is 506 Å². The van der Waals surface area contributed by atoms with E-state index in [1.807, 2.05) is 33.3 Å². The maximum atomic E-state index is 13.6. The van der Waals surface area contributed by atoms with Crippen LogP contribution in [0.2, 0.25) is 0 Å². The van der Waals surface area contributed by atoms with E-state index < -0.39 is 20.0 Å². The number of hydrogen-bond donors (Lipinski definition) is 2. The first-order valence-corrected chi connectivity index (χ1v) is 35.2. The molecule has 0 saturated heterocycles. The summed E-state index contributed by atoms with van der Waals surface area (Å²) in [5, 5.41) is 3.06. The van der Waals surface area contributed by atoms with Crippen LogP contribution in [-0.2, 0) is 27.9 Å². The van der Waals surface area contributed by atoms with Gasteiger partial charge in [0.25, 0.3) is 0 Å². The number of allylic oxidation sites excluding steroid dienone is 17. The highest BCUT2D eigenvalue weighted by atomic mass is 31.2. The number of unbranched alkanes of at least 4 members (excludes halogenated alkanes) is 28. The fraction of sp³-hybridized carbons (Fsp3) is 0.722. The van der Waals surface area contributed by atoms with Crippen LogP contribution in [0.5, 0.6) is 0 Å². The number of quaternary nitrogens is 1. The molecule has 0 fully saturated rings. The fourth-order valence-electron chi connectivity index (χ4n) is 9.27. The number of phosphoric acid groups is 1. The molecular formula is C72H128N2O7P+. The van der Waals surface area contributed by atoms with Gasteiger partial charge in [-0.3, -0.25) is 18.6 Å². The van der Waals surface area contributed by atoms with Crippen LogP contribution in [0.15, 0.2) is 109 Å². The van der Waals surface area contributed by atoms with Crippen molar-refractivity contribution in [1.29, 1.82) is 0 Å². The van der Waals surface area contributed by atoms with E-state index in [4.69, 9.17) is 13.8 Å². The van der Waals surface area contributed by atoms with E-state index in [0.29, 0.717) is 17.4 Å². The van der Waals surface area contributed by atoms with E-state index in [-0.39, 0.29) is 31.5 Å². The molecule has 0 rings (SSSR count). The summed E-state index contributed by atoms with van der Waals surface area (Å²) in [6.07, 6.45) is 83.7. The summed E-state index contributed by atoms with van der Waals surface area (Å²) < 4.78 is 30.8. The van der Waals surface area contributed by atoms with Gasteiger partial charge in [-0.2, -0.15) is 0 Å². The fourth-order valence-corrected chi connectivity index (χ4v) is 10.0. The van der Waals surface area contributed by atoms with Gasteiger partial charge in [-0.15, -0.1) is 0 Å². The molecule has 0 spiro atoms. The highest BCUT2D eigenvalue weighted by Gasteiger charge is 2.30. The van der Waals surface area contributed by atoms with E-state index >= 15 is 0 Å². The molecule has 0 aromatic rings. The Morgan fingerprint density at radius 3 is 1.20 bits per heavy atom. The molecule has 10 heteroatoms. The number of ether oxygens (including phenoxy) is 1. The van der Waals surface area contributed by atoms with Crippen molar-refractivity contribution in [1.82, 2.24) is 5.32 Å². The van der Waals surface area contributed by atoms with Crippen LogP contribution in [0.4, 0.5) is 0 Å². The molecule has 0 radical (unpaired) electrons. The Morgan fingerprint density at radius 2 is 0.780 bits per heavy atom. The van der Waals surface area contributed by atoms with E-state index in [1.54, 1.807) is 0 Å². The number of phosphoric ester groups is 1. The van der Waals surface area contributed by atoms with Gasteiger partial charge in [0.2, 0.25) is 5.91 Å². The van der Waals surface area contributed by atoms with Gasteiger partial charge in [-0.1, -0.05) is 265 Å². The number of carbonyl (C=O) groups is 2. The zero-order valence-electron chi connectivity index (χ0n) is 54.0. The second-order valence-electron chi connectivity index (χ2n) is 23.6. The normalized spacial score (nSPS) is 14.3. The molecule has 0 aliphatic heterocycles. The number of carbonyl (C=O) groups excluding carboxylic acids is 2. The van der Waals surface area contributed by atoms with Crippen LogP contribution in [-0.4, -0.2) is 74.3 Å². The lowest BCUT2D eigenvalue weighted by atomic mass is 10.0. The Bertz CT molecular complexity index is 1770. The van der Waals surface area contributed by atoms with Crippen LogP contribution in [0.3, 0.4) is 0 Å². The Hall–Kier alpha value is -3.33. The summed E-state index contributed by atoms with van der Waals surface area (Å²) in [5.41, 5.74) is 0. The monoisotopic (exact) mass is 1160 g/mol. The SMILES string of the molecule is CC/C=C\C/C=C\C/C=C\C/C=C\C/C=C\C/C=C\CCCCCCCCCCC(=O)NC(COP(=O)(O)OCC[N+](C)(C)C)C(/C=C\CCCCCCCCCCCC)OC(=O)CCCCCCCCC/C=C\C/C=C\CCCCC. The predicted octanol–water partition coefficient (Wildman–Crippen LogP) is 21.3. The van der Waals surface area contributed by atoms with Crippen LogP contribution >= 0.6 is 7.82 Å². The molecule has 0 aliphatic rings. The molecule has 0 bridgehead atoms. The number of amides is 1. The maximum absolute atomic E-state index is 13.6. The largest absolute Gasteiger partial charge is 0.472 e. The topological polar surface area (TPSA) is 111 Å². The summed E-state index contributed by atoms with van der Waals surface area (Å²) in [7, 11) is 1.47. The average molecular weight is 1160 g/mol. The molecule has 3 atom stereocenters. The van der Waals surface area contributed by atoms with Crippen molar-refractivity contribution in [2.45, 2.75) is 296 Å². The lowest BCUT2D eigenvalue weighted by Crippen LogP contribution is -2.47. The van der Waals surface area contributed by atoms with Gasteiger partial charge in [0.05, 0.1) is 33.8 Å². The second-order valence-corrected chi connectivity index (χ2v) is 25.1. The molecular weight excluding hydrogens is 1040 g/mol. The van der Waals surface area contributed by atoms with Gasteiger partial charge in [0.1, 0.15) is 19.3 Å². The lowest BCUT2D eigenvalue weighted by Gasteiger charge is -2.27. The van der Waals surface area contributed by atoms with Crippen LogP contribution < -0.4 is 5.32 Å². The third-order valence-corrected chi connectivity index (χ3v) is 15.4.